The van der Waals surface area contributed by atoms with E-state index in [9.17, 15) is 17.6 Å². The summed E-state index contributed by atoms with van der Waals surface area (Å²) in [6, 6.07) is 7.64. The van der Waals surface area contributed by atoms with Gasteiger partial charge < -0.3 is 5.32 Å². The van der Waals surface area contributed by atoms with E-state index in [0.29, 0.717) is 23.7 Å². The van der Waals surface area contributed by atoms with Crippen molar-refractivity contribution in [1.29, 1.82) is 0 Å². The maximum absolute atomic E-state index is 14.3. The van der Waals surface area contributed by atoms with Crippen LogP contribution in [0, 0.1) is 5.82 Å². The van der Waals surface area contributed by atoms with Crippen molar-refractivity contribution < 1.29 is 17.6 Å². The average molecular weight is 459 g/mol. The van der Waals surface area contributed by atoms with Crippen molar-refractivity contribution in [3.8, 4) is 0 Å². The van der Waals surface area contributed by atoms with Gasteiger partial charge in [-0.15, -0.1) is 0 Å². The molecule has 0 aliphatic carbocycles. The zero-order chi connectivity index (χ0) is 21.2. The lowest BCUT2D eigenvalue weighted by Gasteiger charge is -2.34. The first-order valence-corrected chi connectivity index (χ1v) is 11.5. The maximum atomic E-state index is 14.3. The molecule has 3 rings (SSSR count). The average Bonchev–Trinajstić information content (AvgIpc) is 2.70. The Balaban J connectivity index is 1.90. The molecule has 0 aromatic heterocycles. The van der Waals surface area contributed by atoms with Gasteiger partial charge >= 0.3 is 0 Å². The van der Waals surface area contributed by atoms with Gasteiger partial charge in [-0.25, -0.2) is 12.8 Å². The molecular weight excluding hydrogens is 438 g/mol. The van der Waals surface area contributed by atoms with E-state index < -0.39 is 21.7 Å². The Morgan fingerprint density at radius 1 is 1.17 bits per heavy atom. The number of hydrogen-bond acceptors (Lipinski definition) is 3. The van der Waals surface area contributed by atoms with Gasteiger partial charge in [-0.1, -0.05) is 36.5 Å². The highest BCUT2D eigenvalue weighted by molar-refractivity contribution is 7.89. The van der Waals surface area contributed by atoms with E-state index in [2.05, 4.69) is 5.32 Å². The number of amides is 1. The number of anilines is 1. The van der Waals surface area contributed by atoms with Crippen LogP contribution in [0.5, 0.6) is 0 Å². The highest BCUT2D eigenvalue weighted by Crippen LogP contribution is 2.29. The summed E-state index contributed by atoms with van der Waals surface area (Å²) in [5.41, 5.74) is -0.0404. The van der Waals surface area contributed by atoms with Crippen LogP contribution >= 0.6 is 23.2 Å². The van der Waals surface area contributed by atoms with Gasteiger partial charge in [0.2, 0.25) is 10.0 Å². The Bertz CT molecular complexity index is 1030. The predicted octanol–water partition coefficient (Wildman–Crippen LogP) is 5.34. The molecule has 5 nitrogen and oxygen atoms in total. The summed E-state index contributed by atoms with van der Waals surface area (Å²) in [5, 5.41) is 3.06. The molecule has 1 heterocycles. The summed E-state index contributed by atoms with van der Waals surface area (Å²) in [5.74, 6) is -1.59. The third-order valence-corrected chi connectivity index (χ3v) is 7.70. The molecule has 156 valence electrons. The first kappa shape index (κ1) is 22.0. The van der Waals surface area contributed by atoms with Crippen LogP contribution in [0.1, 0.15) is 43.0 Å². The molecule has 1 saturated heterocycles. The van der Waals surface area contributed by atoms with Crippen LogP contribution in [0.2, 0.25) is 10.0 Å². The fourth-order valence-corrected chi connectivity index (χ4v) is 5.54. The van der Waals surface area contributed by atoms with Crippen LogP contribution in [0.15, 0.2) is 41.3 Å². The number of benzene rings is 2. The van der Waals surface area contributed by atoms with Gasteiger partial charge in [0.25, 0.3) is 5.91 Å². The van der Waals surface area contributed by atoms with Crippen LogP contribution in [-0.4, -0.2) is 31.2 Å². The molecular formula is C20H21Cl2FN2O3S. The monoisotopic (exact) mass is 458 g/mol. The second-order valence-corrected chi connectivity index (χ2v) is 9.60. The lowest BCUT2D eigenvalue weighted by molar-refractivity contribution is 0.102. The Hall–Kier alpha value is -1.67. The number of nitrogens with zero attached hydrogens (tertiary/aromatic N) is 1. The van der Waals surface area contributed by atoms with Gasteiger partial charge in [0, 0.05) is 18.3 Å². The molecule has 1 aliphatic heterocycles. The first-order valence-electron chi connectivity index (χ1n) is 9.32. The van der Waals surface area contributed by atoms with Crippen LogP contribution in [0.4, 0.5) is 10.1 Å². The maximum Gasteiger partial charge on any atom is 0.258 e. The van der Waals surface area contributed by atoms with E-state index in [4.69, 9.17) is 23.2 Å². The van der Waals surface area contributed by atoms with Crippen molar-refractivity contribution in [1.82, 2.24) is 4.31 Å². The topological polar surface area (TPSA) is 66.5 Å². The fourth-order valence-electron chi connectivity index (χ4n) is 3.44. The van der Waals surface area contributed by atoms with Gasteiger partial charge in [0.05, 0.1) is 20.5 Å². The van der Waals surface area contributed by atoms with Crippen LogP contribution < -0.4 is 5.32 Å². The summed E-state index contributed by atoms with van der Waals surface area (Å²) in [6.07, 6.45) is 3.25. The number of piperidine rings is 1. The lowest BCUT2D eigenvalue weighted by Crippen LogP contribution is -2.43. The molecule has 29 heavy (non-hydrogen) atoms. The van der Waals surface area contributed by atoms with E-state index >= 15 is 0 Å². The van der Waals surface area contributed by atoms with Crippen molar-refractivity contribution >= 4 is 44.8 Å². The largest absolute Gasteiger partial charge is 0.322 e. The van der Waals surface area contributed by atoms with Crippen molar-refractivity contribution in [2.45, 2.75) is 43.5 Å². The van der Waals surface area contributed by atoms with Gasteiger partial charge in [-0.2, -0.15) is 4.31 Å². The van der Waals surface area contributed by atoms with Crippen molar-refractivity contribution in [2.24, 2.45) is 0 Å². The number of hydrogen-bond donors (Lipinski definition) is 1. The van der Waals surface area contributed by atoms with Gasteiger partial charge in [-0.3, -0.25) is 4.79 Å². The fraction of sp³-hybridized carbons (Fsp3) is 0.350. The molecule has 2 aromatic carbocycles. The van der Waals surface area contributed by atoms with E-state index in [-0.39, 0.29) is 21.5 Å². The van der Waals surface area contributed by atoms with Gasteiger partial charge in [-0.05, 0) is 55.7 Å². The quantitative estimate of drug-likeness (QED) is 0.657. The molecule has 1 amide bonds. The van der Waals surface area contributed by atoms with E-state index in [1.807, 2.05) is 6.92 Å². The van der Waals surface area contributed by atoms with Crippen LogP contribution in [-0.2, 0) is 10.0 Å². The number of halogens is 3. The van der Waals surface area contributed by atoms with Crippen LogP contribution in [0.25, 0.3) is 0 Å². The Kier molecular flexibility index (Phi) is 6.83. The lowest BCUT2D eigenvalue weighted by atomic mass is 10.0. The third kappa shape index (κ3) is 4.74. The summed E-state index contributed by atoms with van der Waals surface area (Å²) in [7, 11) is -3.83. The number of carbonyl (C=O) groups excluding carboxylic acids is 1. The molecule has 2 aromatic rings. The molecule has 1 aliphatic rings. The second-order valence-electron chi connectivity index (χ2n) is 6.90. The Morgan fingerprint density at radius 3 is 2.62 bits per heavy atom. The predicted molar refractivity (Wildman–Crippen MR) is 113 cm³/mol. The molecule has 1 fully saturated rings. The SMILES string of the molecule is CC[C@H]1CCCCN1S(=O)(=O)c1ccc(F)c(C(=O)Nc2ccc(Cl)c(Cl)c2)c1. The van der Waals surface area contributed by atoms with E-state index in [1.54, 1.807) is 0 Å². The molecule has 0 radical (unpaired) electrons. The number of rotatable bonds is 5. The second kappa shape index (κ2) is 9.00. The molecule has 1 N–H and O–H groups in total. The minimum absolute atomic E-state index is 0.0905. The highest BCUT2D eigenvalue weighted by atomic mass is 35.5. The summed E-state index contributed by atoms with van der Waals surface area (Å²) < 4.78 is 42.0. The number of nitrogens with one attached hydrogen (secondary N) is 1. The van der Waals surface area contributed by atoms with Crippen molar-refractivity contribution in [3.63, 3.8) is 0 Å². The van der Waals surface area contributed by atoms with E-state index in [1.165, 1.54) is 28.6 Å². The van der Waals surface area contributed by atoms with Crippen molar-refractivity contribution in [3.05, 3.63) is 57.8 Å². The zero-order valence-corrected chi connectivity index (χ0v) is 18.1. The molecule has 0 unspecified atom stereocenters. The van der Waals surface area contributed by atoms with Crippen molar-refractivity contribution in [2.75, 3.05) is 11.9 Å². The summed E-state index contributed by atoms with van der Waals surface area (Å²) in [4.78, 5) is 12.5. The number of sulfonamides is 1. The molecule has 9 heteroatoms. The summed E-state index contributed by atoms with van der Waals surface area (Å²) >= 11 is 11.8. The zero-order valence-electron chi connectivity index (χ0n) is 15.8. The molecule has 0 saturated carbocycles. The first-order chi connectivity index (χ1) is 13.7. The normalized spacial score (nSPS) is 17.9. The smallest absolute Gasteiger partial charge is 0.258 e. The van der Waals surface area contributed by atoms with Crippen LogP contribution in [0.3, 0.4) is 0 Å². The summed E-state index contributed by atoms with van der Waals surface area (Å²) in [6.45, 7) is 2.36. The highest BCUT2D eigenvalue weighted by Gasteiger charge is 2.33. The van der Waals surface area contributed by atoms with E-state index in [0.717, 1.165) is 31.4 Å². The molecule has 0 bridgehead atoms. The standard InChI is InChI=1S/C20H21Cl2FN2O3S/c1-2-14-5-3-4-10-25(14)29(27,28)15-7-9-19(23)16(12-15)20(26)24-13-6-8-17(21)18(22)11-13/h6-9,11-12,14H,2-5,10H2,1H3,(H,24,26)/t14-/m0/s1. The minimum atomic E-state index is -3.83. The number of carbonyl (C=O) groups is 1. The van der Waals surface area contributed by atoms with Gasteiger partial charge in [0.1, 0.15) is 5.82 Å². The molecule has 0 spiro atoms. The Labute approximate surface area is 179 Å². The molecule has 1 atom stereocenters. The Morgan fingerprint density at radius 2 is 1.93 bits per heavy atom. The van der Waals surface area contributed by atoms with Gasteiger partial charge in [0.15, 0.2) is 0 Å². The minimum Gasteiger partial charge on any atom is -0.322 e. The third-order valence-electron chi connectivity index (χ3n) is 5.01.